The first-order valence-corrected chi connectivity index (χ1v) is 11.1. The number of sulfone groups is 1. The number of ketones is 1. The van der Waals surface area contributed by atoms with E-state index >= 15 is 0 Å². The molecule has 0 aliphatic heterocycles. The lowest BCUT2D eigenvalue weighted by Crippen LogP contribution is -2.14. The number of esters is 1. The van der Waals surface area contributed by atoms with Crippen LogP contribution < -0.4 is 0 Å². The van der Waals surface area contributed by atoms with E-state index in [0.29, 0.717) is 16.1 Å². The summed E-state index contributed by atoms with van der Waals surface area (Å²) in [5.41, 5.74) is 2.15. The molecule has 0 aliphatic carbocycles. The molecule has 0 aliphatic rings. The number of halogens is 1. The molecule has 3 aromatic carbocycles. The Hall–Kier alpha value is -2.96. The lowest BCUT2D eigenvalue weighted by atomic mass is 10.1. The van der Waals surface area contributed by atoms with E-state index in [1.54, 1.807) is 60.7 Å². The number of hydrogen-bond acceptors (Lipinski definition) is 5. The molecular formula is C23H19ClO5S. The summed E-state index contributed by atoms with van der Waals surface area (Å²) < 4.78 is 30.1. The third kappa shape index (κ3) is 5.55. The number of carbonyl (C=O) groups is 2. The molecular weight excluding hydrogens is 424 g/mol. The molecule has 0 amide bonds. The van der Waals surface area contributed by atoms with Gasteiger partial charge in [0.1, 0.15) is 0 Å². The van der Waals surface area contributed by atoms with Crippen LogP contribution in [0, 0.1) is 6.92 Å². The van der Waals surface area contributed by atoms with E-state index in [9.17, 15) is 18.0 Å². The number of Topliss-reactive ketones (excluding diaryl/α,β-unsaturated/α-hetero) is 1. The molecule has 0 bridgehead atoms. The fourth-order valence-electron chi connectivity index (χ4n) is 2.72. The average Bonchev–Trinajstić information content (AvgIpc) is 2.73. The predicted octanol–water partition coefficient (Wildman–Crippen LogP) is 4.66. The van der Waals surface area contributed by atoms with E-state index in [4.69, 9.17) is 16.3 Å². The molecule has 0 N–H and O–H groups in total. The van der Waals surface area contributed by atoms with Crippen LogP contribution in [0.15, 0.2) is 77.7 Å². The second-order valence-corrected chi connectivity index (χ2v) is 9.20. The summed E-state index contributed by atoms with van der Waals surface area (Å²) in [7, 11) is -3.49. The van der Waals surface area contributed by atoms with E-state index in [2.05, 4.69) is 0 Å². The van der Waals surface area contributed by atoms with Crippen molar-refractivity contribution in [1.29, 1.82) is 0 Å². The Morgan fingerprint density at radius 2 is 1.40 bits per heavy atom. The molecule has 0 aromatic heterocycles. The molecule has 30 heavy (non-hydrogen) atoms. The first-order valence-electron chi connectivity index (χ1n) is 9.09. The van der Waals surface area contributed by atoms with Crippen molar-refractivity contribution in [3.8, 4) is 0 Å². The van der Waals surface area contributed by atoms with Crippen molar-refractivity contribution in [3.63, 3.8) is 0 Å². The summed E-state index contributed by atoms with van der Waals surface area (Å²) >= 11 is 5.78. The van der Waals surface area contributed by atoms with Gasteiger partial charge >= 0.3 is 5.97 Å². The fourth-order valence-corrected chi connectivity index (χ4v) is 4.19. The zero-order valence-electron chi connectivity index (χ0n) is 16.2. The summed E-state index contributed by atoms with van der Waals surface area (Å²) in [5.74, 6) is -1.19. The molecule has 0 atom stereocenters. The van der Waals surface area contributed by atoms with Crippen LogP contribution in [0.3, 0.4) is 0 Å². The van der Waals surface area contributed by atoms with Crippen LogP contribution in [-0.2, 0) is 20.3 Å². The maximum absolute atomic E-state index is 12.5. The smallest absolute Gasteiger partial charge is 0.338 e. The second kappa shape index (κ2) is 9.24. The standard InChI is InChI=1S/C23H19ClO5S/c1-16-2-12-21(13-3-16)30(27,28)15-17-4-6-19(7-5-17)23(26)29-14-22(25)18-8-10-20(24)11-9-18/h2-13H,14-15H2,1H3. The van der Waals surface area contributed by atoms with Crippen LogP contribution in [0.25, 0.3) is 0 Å². The Labute approximate surface area is 180 Å². The number of ether oxygens (including phenoxy) is 1. The maximum atomic E-state index is 12.5. The lowest BCUT2D eigenvalue weighted by molar-refractivity contribution is 0.0475. The normalized spacial score (nSPS) is 11.1. The van der Waals surface area contributed by atoms with Crippen LogP contribution in [0.1, 0.15) is 31.8 Å². The molecule has 0 saturated heterocycles. The van der Waals surface area contributed by atoms with Crippen LogP contribution in [0.4, 0.5) is 0 Å². The molecule has 0 unspecified atom stereocenters. The van der Waals surface area contributed by atoms with Crippen molar-refractivity contribution >= 4 is 33.2 Å². The van der Waals surface area contributed by atoms with Crippen molar-refractivity contribution in [1.82, 2.24) is 0 Å². The molecule has 154 valence electrons. The minimum atomic E-state index is -3.49. The predicted molar refractivity (Wildman–Crippen MR) is 115 cm³/mol. The average molecular weight is 443 g/mol. The number of benzene rings is 3. The molecule has 7 heteroatoms. The summed E-state index contributed by atoms with van der Waals surface area (Å²) in [6.45, 7) is 1.49. The van der Waals surface area contributed by atoms with Crippen molar-refractivity contribution in [2.24, 2.45) is 0 Å². The zero-order valence-corrected chi connectivity index (χ0v) is 17.7. The topological polar surface area (TPSA) is 77.5 Å². The van der Waals surface area contributed by atoms with Gasteiger partial charge in [-0.3, -0.25) is 4.79 Å². The van der Waals surface area contributed by atoms with E-state index in [0.717, 1.165) is 5.56 Å². The molecule has 0 saturated carbocycles. The molecule has 0 heterocycles. The third-order valence-corrected chi connectivity index (χ3v) is 6.38. The highest BCUT2D eigenvalue weighted by atomic mass is 35.5. The monoisotopic (exact) mass is 442 g/mol. The minimum Gasteiger partial charge on any atom is -0.454 e. The largest absolute Gasteiger partial charge is 0.454 e. The summed E-state index contributed by atoms with van der Waals surface area (Å²) in [6, 6.07) is 19.0. The fraction of sp³-hybridized carbons (Fsp3) is 0.130. The molecule has 3 rings (SSSR count). The van der Waals surface area contributed by atoms with Crippen molar-refractivity contribution in [2.45, 2.75) is 17.6 Å². The van der Waals surface area contributed by atoms with E-state index in [1.165, 1.54) is 12.1 Å². The molecule has 5 nitrogen and oxygen atoms in total. The number of rotatable bonds is 7. The summed E-state index contributed by atoms with van der Waals surface area (Å²) in [4.78, 5) is 24.5. The van der Waals surface area contributed by atoms with Crippen LogP contribution >= 0.6 is 11.6 Å². The van der Waals surface area contributed by atoms with Crippen LogP contribution in [0.2, 0.25) is 5.02 Å². The van der Waals surface area contributed by atoms with Crippen LogP contribution in [-0.4, -0.2) is 26.8 Å². The molecule has 0 radical (unpaired) electrons. The second-order valence-electron chi connectivity index (χ2n) is 6.78. The number of carbonyl (C=O) groups excluding carboxylic acids is 2. The zero-order chi connectivity index (χ0) is 21.7. The van der Waals surface area contributed by atoms with Gasteiger partial charge in [-0.1, -0.05) is 41.4 Å². The van der Waals surface area contributed by atoms with Crippen molar-refractivity contribution < 1.29 is 22.7 Å². The van der Waals surface area contributed by atoms with Gasteiger partial charge in [-0.2, -0.15) is 0 Å². The Kier molecular flexibility index (Phi) is 6.70. The molecule has 0 fully saturated rings. The highest BCUT2D eigenvalue weighted by Gasteiger charge is 2.16. The van der Waals surface area contributed by atoms with Gasteiger partial charge in [0.15, 0.2) is 22.2 Å². The Balaban J connectivity index is 1.60. The number of aryl methyl sites for hydroxylation is 1. The molecule has 3 aromatic rings. The number of hydrogen-bond donors (Lipinski definition) is 0. The van der Waals surface area contributed by atoms with E-state index in [1.807, 2.05) is 6.92 Å². The van der Waals surface area contributed by atoms with Gasteiger partial charge in [-0.25, -0.2) is 13.2 Å². The van der Waals surface area contributed by atoms with E-state index < -0.39 is 22.4 Å². The van der Waals surface area contributed by atoms with Crippen molar-refractivity contribution in [3.05, 3.63) is 100 Å². The van der Waals surface area contributed by atoms with Gasteiger partial charge in [0.25, 0.3) is 0 Å². The Bertz CT molecular complexity index is 1150. The quantitative estimate of drug-likeness (QED) is 0.392. The van der Waals surface area contributed by atoms with E-state index in [-0.39, 0.29) is 22.0 Å². The van der Waals surface area contributed by atoms with Gasteiger partial charge in [0, 0.05) is 10.6 Å². The first-order chi connectivity index (χ1) is 14.2. The minimum absolute atomic E-state index is 0.180. The molecule has 0 spiro atoms. The lowest BCUT2D eigenvalue weighted by Gasteiger charge is -2.07. The van der Waals surface area contributed by atoms with Crippen LogP contribution in [0.5, 0.6) is 0 Å². The summed E-state index contributed by atoms with van der Waals surface area (Å²) in [5, 5.41) is 0.507. The highest BCUT2D eigenvalue weighted by Crippen LogP contribution is 2.18. The van der Waals surface area contributed by atoms with Gasteiger partial charge in [0.2, 0.25) is 0 Å². The van der Waals surface area contributed by atoms with Gasteiger partial charge < -0.3 is 4.74 Å². The van der Waals surface area contributed by atoms with Gasteiger partial charge in [-0.15, -0.1) is 0 Å². The Morgan fingerprint density at radius 3 is 2.00 bits per heavy atom. The first kappa shape index (κ1) is 21.7. The third-order valence-electron chi connectivity index (χ3n) is 4.43. The van der Waals surface area contributed by atoms with Crippen molar-refractivity contribution in [2.75, 3.05) is 6.61 Å². The SMILES string of the molecule is Cc1ccc(S(=O)(=O)Cc2ccc(C(=O)OCC(=O)c3ccc(Cl)cc3)cc2)cc1. The highest BCUT2D eigenvalue weighted by molar-refractivity contribution is 7.90. The Morgan fingerprint density at radius 1 is 0.833 bits per heavy atom. The maximum Gasteiger partial charge on any atom is 0.338 e. The van der Waals surface area contributed by atoms with Gasteiger partial charge in [0.05, 0.1) is 16.2 Å². The van der Waals surface area contributed by atoms with Gasteiger partial charge in [-0.05, 0) is 61.0 Å². The summed E-state index contributed by atoms with van der Waals surface area (Å²) in [6.07, 6.45) is 0.